The van der Waals surface area contributed by atoms with Crippen molar-refractivity contribution in [1.82, 2.24) is 0 Å². The number of nitrogens with zero attached hydrogens (tertiary/aromatic N) is 1. The molecule has 0 amide bonds. The summed E-state index contributed by atoms with van der Waals surface area (Å²) in [6.45, 7) is 1.88. The van der Waals surface area contributed by atoms with E-state index in [9.17, 15) is 4.39 Å². The van der Waals surface area contributed by atoms with Crippen LogP contribution in [0.15, 0.2) is 35.9 Å². The van der Waals surface area contributed by atoms with Crippen molar-refractivity contribution in [1.29, 1.82) is 5.26 Å². The Bertz CT molecular complexity index is 343. The fraction of sp³-hybridized carbons (Fsp3) is 0.182. The number of allylic oxidation sites excluding steroid dienone is 2. The molecule has 0 fully saturated rings. The van der Waals surface area contributed by atoms with E-state index >= 15 is 0 Å². The van der Waals surface area contributed by atoms with E-state index in [1.807, 2.05) is 13.0 Å². The van der Waals surface area contributed by atoms with Gasteiger partial charge in [-0.05, 0) is 31.0 Å². The number of rotatable bonds is 2. The van der Waals surface area contributed by atoms with Gasteiger partial charge in [-0.15, -0.1) is 0 Å². The van der Waals surface area contributed by atoms with E-state index < -0.39 is 0 Å². The molecule has 0 aliphatic carbocycles. The van der Waals surface area contributed by atoms with Crippen molar-refractivity contribution >= 4 is 0 Å². The lowest BCUT2D eigenvalue weighted by Crippen LogP contribution is -1.86. The molecule has 0 atom stereocenters. The van der Waals surface area contributed by atoms with E-state index in [1.165, 1.54) is 18.2 Å². The minimum atomic E-state index is -0.231. The van der Waals surface area contributed by atoms with E-state index in [-0.39, 0.29) is 5.82 Å². The van der Waals surface area contributed by atoms with Gasteiger partial charge < -0.3 is 0 Å². The monoisotopic (exact) mass is 175 g/mol. The molecule has 1 nitrogen and oxygen atoms in total. The third-order valence-corrected chi connectivity index (χ3v) is 1.71. The highest BCUT2D eigenvalue weighted by Crippen LogP contribution is 2.08. The maximum atomic E-state index is 12.5. The van der Waals surface area contributed by atoms with Crippen molar-refractivity contribution in [3.05, 3.63) is 47.3 Å². The van der Waals surface area contributed by atoms with Crippen LogP contribution in [0, 0.1) is 17.1 Å². The van der Waals surface area contributed by atoms with Crippen LogP contribution < -0.4 is 0 Å². The van der Waals surface area contributed by atoms with Gasteiger partial charge in [0.15, 0.2) is 0 Å². The summed E-state index contributed by atoms with van der Waals surface area (Å²) < 4.78 is 12.5. The molecule has 0 saturated carbocycles. The quantitative estimate of drug-likeness (QED) is 0.634. The first-order chi connectivity index (χ1) is 6.22. The van der Waals surface area contributed by atoms with E-state index in [2.05, 4.69) is 0 Å². The molecular weight excluding hydrogens is 165 g/mol. The van der Waals surface area contributed by atoms with Gasteiger partial charge >= 0.3 is 0 Å². The van der Waals surface area contributed by atoms with Crippen LogP contribution >= 0.6 is 0 Å². The lowest BCUT2D eigenvalue weighted by atomic mass is 10.1. The van der Waals surface area contributed by atoms with Crippen molar-refractivity contribution in [2.24, 2.45) is 0 Å². The van der Waals surface area contributed by atoms with Gasteiger partial charge in [-0.3, -0.25) is 0 Å². The zero-order chi connectivity index (χ0) is 9.68. The second kappa shape index (κ2) is 4.42. The Morgan fingerprint density at radius 2 is 2.08 bits per heavy atom. The maximum Gasteiger partial charge on any atom is 0.123 e. The van der Waals surface area contributed by atoms with Gasteiger partial charge in [0, 0.05) is 6.08 Å². The highest BCUT2D eigenvalue weighted by Gasteiger charge is 1.94. The van der Waals surface area contributed by atoms with Crippen LogP contribution in [0.4, 0.5) is 4.39 Å². The molecule has 0 aromatic heterocycles. The molecule has 0 radical (unpaired) electrons. The number of nitriles is 1. The predicted octanol–water partition coefficient (Wildman–Crippen LogP) is 2.84. The van der Waals surface area contributed by atoms with Crippen molar-refractivity contribution in [3.63, 3.8) is 0 Å². The van der Waals surface area contributed by atoms with E-state index in [0.29, 0.717) is 6.42 Å². The van der Waals surface area contributed by atoms with E-state index in [0.717, 1.165) is 11.1 Å². The first kappa shape index (κ1) is 9.47. The summed E-state index contributed by atoms with van der Waals surface area (Å²) in [6, 6.07) is 8.27. The lowest BCUT2D eigenvalue weighted by Gasteiger charge is -1.99. The fourth-order valence-corrected chi connectivity index (χ4v) is 1.09. The van der Waals surface area contributed by atoms with E-state index in [1.54, 1.807) is 12.1 Å². The fourth-order valence-electron chi connectivity index (χ4n) is 1.09. The third-order valence-electron chi connectivity index (χ3n) is 1.71. The van der Waals surface area contributed by atoms with Crippen LogP contribution in [0.1, 0.15) is 12.5 Å². The van der Waals surface area contributed by atoms with Gasteiger partial charge in [0.25, 0.3) is 0 Å². The van der Waals surface area contributed by atoms with Crippen molar-refractivity contribution in [3.8, 4) is 6.07 Å². The summed E-state index contributed by atoms with van der Waals surface area (Å²) in [5.41, 5.74) is 2.00. The Balaban J connectivity index is 2.71. The molecule has 66 valence electrons. The summed E-state index contributed by atoms with van der Waals surface area (Å²) in [6.07, 6.45) is 2.21. The number of hydrogen-bond donors (Lipinski definition) is 0. The Morgan fingerprint density at radius 1 is 1.46 bits per heavy atom. The minimum Gasteiger partial charge on any atom is -0.207 e. The second-order valence-electron chi connectivity index (χ2n) is 2.92. The molecule has 13 heavy (non-hydrogen) atoms. The molecular formula is C11H10FN. The molecule has 2 heteroatoms. The summed E-state index contributed by atoms with van der Waals surface area (Å²) in [5.74, 6) is -0.231. The molecule has 0 spiro atoms. The molecule has 0 saturated heterocycles. The molecule has 1 aromatic rings. The standard InChI is InChI=1S/C11H10FN/c1-9(6-7-13)8-10-2-4-11(12)5-3-10/h2-6H,8H2,1H3/b9-6-. The smallest absolute Gasteiger partial charge is 0.123 e. The number of hydrogen-bond acceptors (Lipinski definition) is 1. The SMILES string of the molecule is C/C(=C/C#N)Cc1ccc(F)cc1. The van der Waals surface area contributed by atoms with Crippen LogP contribution in [-0.2, 0) is 6.42 Å². The van der Waals surface area contributed by atoms with Gasteiger partial charge in [-0.25, -0.2) is 4.39 Å². The topological polar surface area (TPSA) is 23.8 Å². The van der Waals surface area contributed by atoms with E-state index in [4.69, 9.17) is 5.26 Å². The normalized spacial score (nSPS) is 11.0. The Hall–Kier alpha value is -1.62. The summed E-state index contributed by atoms with van der Waals surface area (Å²) in [5, 5.41) is 8.37. The Morgan fingerprint density at radius 3 is 2.62 bits per heavy atom. The molecule has 1 aromatic carbocycles. The van der Waals surface area contributed by atoms with Crippen LogP contribution in [0.25, 0.3) is 0 Å². The zero-order valence-corrected chi connectivity index (χ0v) is 7.42. The zero-order valence-electron chi connectivity index (χ0n) is 7.42. The average Bonchev–Trinajstić information content (AvgIpc) is 2.09. The molecule has 0 heterocycles. The first-order valence-electron chi connectivity index (χ1n) is 4.02. The summed E-state index contributed by atoms with van der Waals surface area (Å²) in [7, 11) is 0. The lowest BCUT2D eigenvalue weighted by molar-refractivity contribution is 0.627. The first-order valence-corrected chi connectivity index (χ1v) is 4.02. The van der Waals surface area contributed by atoms with Gasteiger partial charge in [0.05, 0.1) is 6.07 Å². The van der Waals surface area contributed by atoms with Gasteiger partial charge in [-0.2, -0.15) is 5.26 Å². The largest absolute Gasteiger partial charge is 0.207 e. The highest BCUT2D eigenvalue weighted by atomic mass is 19.1. The van der Waals surface area contributed by atoms with Crippen molar-refractivity contribution in [2.75, 3.05) is 0 Å². The Labute approximate surface area is 77.1 Å². The molecule has 0 N–H and O–H groups in total. The van der Waals surface area contributed by atoms with Gasteiger partial charge in [0.1, 0.15) is 5.82 Å². The average molecular weight is 175 g/mol. The van der Waals surface area contributed by atoms with Crippen LogP contribution in [0.3, 0.4) is 0 Å². The van der Waals surface area contributed by atoms with Crippen molar-refractivity contribution in [2.45, 2.75) is 13.3 Å². The summed E-state index contributed by atoms with van der Waals surface area (Å²) >= 11 is 0. The van der Waals surface area contributed by atoms with Crippen LogP contribution in [0.2, 0.25) is 0 Å². The van der Waals surface area contributed by atoms with Gasteiger partial charge in [-0.1, -0.05) is 17.7 Å². The summed E-state index contributed by atoms with van der Waals surface area (Å²) in [4.78, 5) is 0. The maximum absolute atomic E-state index is 12.5. The minimum absolute atomic E-state index is 0.231. The Kier molecular flexibility index (Phi) is 3.22. The molecule has 0 aliphatic rings. The molecule has 0 aliphatic heterocycles. The second-order valence-corrected chi connectivity index (χ2v) is 2.92. The molecule has 1 rings (SSSR count). The highest BCUT2D eigenvalue weighted by molar-refractivity contribution is 5.23. The van der Waals surface area contributed by atoms with Gasteiger partial charge in [0.2, 0.25) is 0 Å². The molecule has 0 unspecified atom stereocenters. The molecule has 0 bridgehead atoms. The predicted molar refractivity (Wildman–Crippen MR) is 49.5 cm³/mol. The number of halogens is 1. The third kappa shape index (κ3) is 3.08. The number of benzene rings is 1. The van der Waals surface area contributed by atoms with Crippen molar-refractivity contribution < 1.29 is 4.39 Å². The van der Waals surface area contributed by atoms with Crippen LogP contribution in [0.5, 0.6) is 0 Å². The van der Waals surface area contributed by atoms with Crippen LogP contribution in [-0.4, -0.2) is 0 Å².